The second kappa shape index (κ2) is 7.86. The first-order chi connectivity index (χ1) is 11.7. The molecule has 1 atom stereocenters. The fourth-order valence-corrected chi connectivity index (χ4v) is 3.65. The maximum atomic E-state index is 12.5. The molecule has 0 aliphatic carbocycles. The van der Waals surface area contributed by atoms with Crippen LogP contribution in [0.1, 0.15) is 12.5 Å². The first-order valence-corrected chi connectivity index (χ1v) is 9.33. The van der Waals surface area contributed by atoms with Crippen LogP contribution in [-0.2, 0) is 14.8 Å². The third kappa shape index (κ3) is 4.72. The minimum Gasteiger partial charge on any atom is -0.496 e. The third-order valence-electron chi connectivity index (χ3n) is 3.53. The molecule has 6 nitrogen and oxygen atoms in total. The van der Waals surface area contributed by atoms with Gasteiger partial charge in [0.25, 0.3) is 0 Å². The summed E-state index contributed by atoms with van der Waals surface area (Å²) in [5.41, 5.74) is 1.10. The molecule has 2 rings (SSSR count). The maximum Gasteiger partial charge on any atom is 0.242 e. The second-order valence-electron chi connectivity index (χ2n) is 5.44. The predicted octanol–water partition coefficient (Wildman–Crippen LogP) is 2.96. The van der Waals surface area contributed by atoms with Gasteiger partial charge in [-0.05, 0) is 49.7 Å². The number of amides is 1. The summed E-state index contributed by atoms with van der Waals surface area (Å²) >= 11 is 5.98. The molecule has 1 amide bonds. The first-order valence-electron chi connectivity index (χ1n) is 7.47. The van der Waals surface area contributed by atoms with Gasteiger partial charge in [-0.3, -0.25) is 4.79 Å². The zero-order valence-electron chi connectivity index (χ0n) is 14.0. The van der Waals surface area contributed by atoms with Gasteiger partial charge in [-0.2, -0.15) is 4.72 Å². The van der Waals surface area contributed by atoms with Crippen molar-refractivity contribution in [2.45, 2.75) is 24.8 Å². The van der Waals surface area contributed by atoms with Crippen LogP contribution < -0.4 is 14.8 Å². The molecule has 0 aliphatic rings. The number of sulfonamides is 1. The summed E-state index contributed by atoms with van der Waals surface area (Å²) in [5, 5.41) is 2.97. The Balaban J connectivity index is 2.12. The minimum absolute atomic E-state index is 0.0585. The van der Waals surface area contributed by atoms with E-state index in [1.54, 1.807) is 37.3 Å². The number of benzene rings is 2. The Morgan fingerprint density at radius 2 is 1.88 bits per heavy atom. The number of hydrogen-bond acceptors (Lipinski definition) is 4. The topological polar surface area (TPSA) is 84.5 Å². The molecule has 2 N–H and O–H groups in total. The molecule has 2 aromatic rings. The average Bonchev–Trinajstić information content (AvgIpc) is 2.56. The highest BCUT2D eigenvalue weighted by Crippen LogP contribution is 2.22. The molecule has 0 aliphatic heterocycles. The Kier molecular flexibility index (Phi) is 6.05. The van der Waals surface area contributed by atoms with E-state index in [9.17, 15) is 13.2 Å². The standard InChI is InChI=1S/C17H19ClN2O4S/c1-11-10-13(8-9-16(11)24-3)25(22,23)20-12(2)17(21)19-15-7-5-4-6-14(15)18/h4-10,12,20H,1-3H3,(H,19,21). The summed E-state index contributed by atoms with van der Waals surface area (Å²) in [5.74, 6) is 0.0744. The fraction of sp³-hybridized carbons (Fsp3) is 0.235. The maximum absolute atomic E-state index is 12.5. The zero-order valence-corrected chi connectivity index (χ0v) is 15.6. The first kappa shape index (κ1) is 19.2. The van der Waals surface area contributed by atoms with Gasteiger partial charge in [0.15, 0.2) is 0 Å². The van der Waals surface area contributed by atoms with Crippen LogP contribution in [0.3, 0.4) is 0 Å². The molecule has 0 spiro atoms. The summed E-state index contributed by atoms with van der Waals surface area (Å²) in [4.78, 5) is 12.3. The average molecular weight is 383 g/mol. The monoisotopic (exact) mass is 382 g/mol. The van der Waals surface area contributed by atoms with E-state index in [1.165, 1.54) is 26.2 Å². The molecule has 0 fully saturated rings. The molecule has 0 saturated carbocycles. The lowest BCUT2D eigenvalue weighted by Gasteiger charge is -2.15. The lowest BCUT2D eigenvalue weighted by Crippen LogP contribution is -2.41. The Morgan fingerprint density at radius 1 is 1.20 bits per heavy atom. The van der Waals surface area contributed by atoms with Gasteiger partial charge in [-0.15, -0.1) is 0 Å². The van der Waals surface area contributed by atoms with Crippen LogP contribution in [0.25, 0.3) is 0 Å². The van der Waals surface area contributed by atoms with Gasteiger partial charge in [-0.25, -0.2) is 8.42 Å². The van der Waals surface area contributed by atoms with Crippen molar-refractivity contribution in [3.05, 3.63) is 53.1 Å². The lowest BCUT2D eigenvalue weighted by molar-refractivity contribution is -0.117. The summed E-state index contributed by atoms with van der Waals surface area (Å²) in [7, 11) is -2.34. The van der Waals surface area contributed by atoms with Crippen LogP contribution >= 0.6 is 11.6 Å². The Morgan fingerprint density at radius 3 is 2.48 bits per heavy atom. The number of rotatable bonds is 6. The number of hydrogen-bond donors (Lipinski definition) is 2. The van der Waals surface area contributed by atoms with E-state index in [1.807, 2.05) is 0 Å². The lowest BCUT2D eigenvalue weighted by atomic mass is 10.2. The number of nitrogens with one attached hydrogen (secondary N) is 2. The predicted molar refractivity (Wildman–Crippen MR) is 97.6 cm³/mol. The second-order valence-corrected chi connectivity index (χ2v) is 7.56. The van der Waals surface area contributed by atoms with E-state index in [0.717, 1.165) is 0 Å². The molecular formula is C17H19ClN2O4S. The molecular weight excluding hydrogens is 364 g/mol. The molecule has 8 heteroatoms. The highest BCUT2D eigenvalue weighted by atomic mass is 35.5. The summed E-state index contributed by atoms with van der Waals surface area (Å²) < 4.78 is 32.4. The normalized spacial score (nSPS) is 12.5. The van der Waals surface area contributed by atoms with Gasteiger partial charge in [0.1, 0.15) is 5.75 Å². The number of anilines is 1. The van der Waals surface area contributed by atoms with E-state index < -0.39 is 22.0 Å². The van der Waals surface area contributed by atoms with Gasteiger partial charge >= 0.3 is 0 Å². The Labute approximate surface area is 152 Å². The third-order valence-corrected chi connectivity index (χ3v) is 5.40. The molecule has 25 heavy (non-hydrogen) atoms. The van der Waals surface area contributed by atoms with Gasteiger partial charge in [0.05, 0.1) is 28.8 Å². The van der Waals surface area contributed by atoms with Gasteiger partial charge in [0, 0.05) is 0 Å². The van der Waals surface area contributed by atoms with E-state index in [-0.39, 0.29) is 4.90 Å². The molecule has 0 radical (unpaired) electrons. The zero-order chi connectivity index (χ0) is 18.6. The van der Waals surface area contributed by atoms with Crippen LogP contribution in [0, 0.1) is 6.92 Å². The molecule has 0 bridgehead atoms. The molecule has 134 valence electrons. The molecule has 0 aromatic heterocycles. The SMILES string of the molecule is COc1ccc(S(=O)(=O)NC(C)C(=O)Nc2ccccc2Cl)cc1C. The van der Waals surface area contributed by atoms with Crippen molar-refractivity contribution in [3.63, 3.8) is 0 Å². The van der Waals surface area contributed by atoms with E-state index in [2.05, 4.69) is 10.0 Å². The van der Waals surface area contributed by atoms with Crippen LogP contribution in [-0.4, -0.2) is 27.5 Å². The largest absolute Gasteiger partial charge is 0.496 e. The van der Waals surface area contributed by atoms with Gasteiger partial charge in [-0.1, -0.05) is 23.7 Å². The molecule has 2 aromatic carbocycles. The summed E-state index contributed by atoms with van der Waals surface area (Å²) in [6.45, 7) is 3.20. The van der Waals surface area contributed by atoms with Crippen LogP contribution in [0.4, 0.5) is 5.69 Å². The van der Waals surface area contributed by atoms with Gasteiger partial charge < -0.3 is 10.1 Å². The molecule has 1 unspecified atom stereocenters. The highest BCUT2D eigenvalue weighted by molar-refractivity contribution is 7.89. The quantitative estimate of drug-likeness (QED) is 0.804. The molecule has 0 saturated heterocycles. The smallest absolute Gasteiger partial charge is 0.242 e. The van der Waals surface area contributed by atoms with Crippen molar-refractivity contribution in [2.24, 2.45) is 0 Å². The van der Waals surface area contributed by atoms with Crippen molar-refractivity contribution in [3.8, 4) is 5.75 Å². The van der Waals surface area contributed by atoms with E-state index >= 15 is 0 Å². The number of halogens is 1. The summed E-state index contributed by atoms with van der Waals surface area (Å²) in [6.07, 6.45) is 0. The van der Waals surface area contributed by atoms with E-state index in [0.29, 0.717) is 22.0 Å². The van der Waals surface area contributed by atoms with E-state index in [4.69, 9.17) is 16.3 Å². The fourth-order valence-electron chi connectivity index (χ4n) is 2.18. The number of aryl methyl sites for hydroxylation is 1. The van der Waals surface area contributed by atoms with Crippen LogP contribution in [0.2, 0.25) is 5.02 Å². The van der Waals surface area contributed by atoms with Crippen molar-refractivity contribution >= 4 is 33.2 Å². The van der Waals surface area contributed by atoms with Gasteiger partial charge in [0.2, 0.25) is 15.9 Å². The van der Waals surface area contributed by atoms with Crippen molar-refractivity contribution in [1.29, 1.82) is 0 Å². The highest BCUT2D eigenvalue weighted by Gasteiger charge is 2.23. The molecule has 0 heterocycles. The van der Waals surface area contributed by atoms with Crippen LogP contribution in [0.5, 0.6) is 5.75 Å². The Hall–Kier alpha value is -2.09. The van der Waals surface area contributed by atoms with Crippen LogP contribution in [0.15, 0.2) is 47.4 Å². The number of carbonyl (C=O) groups is 1. The van der Waals surface area contributed by atoms with Crippen molar-refractivity contribution in [2.75, 3.05) is 12.4 Å². The minimum atomic E-state index is -3.85. The number of methoxy groups -OCH3 is 1. The van der Waals surface area contributed by atoms with Crippen molar-refractivity contribution < 1.29 is 17.9 Å². The number of para-hydroxylation sites is 1. The number of carbonyl (C=O) groups excluding carboxylic acids is 1. The van der Waals surface area contributed by atoms with Crippen molar-refractivity contribution in [1.82, 2.24) is 4.72 Å². The summed E-state index contributed by atoms with van der Waals surface area (Å²) in [6, 6.07) is 10.2. The Bertz CT molecular complexity index is 884. The number of ether oxygens (including phenoxy) is 1.